The topological polar surface area (TPSA) is 59.8 Å². The van der Waals surface area contributed by atoms with Gasteiger partial charge in [-0.2, -0.15) is 8.42 Å². The molecule has 0 spiro atoms. The maximum absolute atomic E-state index is 12.8. The molecule has 0 saturated heterocycles. The number of alkyl halides is 1. The van der Waals surface area contributed by atoms with Crippen molar-refractivity contribution in [2.45, 2.75) is 17.4 Å². The fourth-order valence-corrected chi connectivity index (χ4v) is 3.82. The van der Waals surface area contributed by atoms with Crippen molar-refractivity contribution in [2.75, 3.05) is 17.5 Å². The molecule has 5 nitrogen and oxygen atoms in total. The van der Waals surface area contributed by atoms with E-state index in [-0.39, 0.29) is 11.0 Å². The summed E-state index contributed by atoms with van der Waals surface area (Å²) in [5, 5.41) is -0.102. The maximum Gasteiger partial charge on any atom is 0.297 e. The summed E-state index contributed by atoms with van der Waals surface area (Å²) in [5.74, 6) is 1.12. The number of hydrogen-bond donors (Lipinski definition) is 0. The van der Waals surface area contributed by atoms with Crippen molar-refractivity contribution in [3.63, 3.8) is 0 Å². The van der Waals surface area contributed by atoms with Crippen LogP contribution in [0.15, 0.2) is 45.9 Å². The molecule has 3 rings (SSSR count). The van der Waals surface area contributed by atoms with E-state index in [2.05, 4.69) is 0 Å². The van der Waals surface area contributed by atoms with E-state index in [1.807, 2.05) is 6.07 Å². The standard InChI is InChI=1S/C14H14ClNO4S/c15-10-11-6-7-14(20-11)21(17,18)16-8-3-9-19-13-5-2-1-4-12(13)16/h1-2,4-7H,3,8-10H2. The van der Waals surface area contributed by atoms with Crippen LogP contribution in [-0.4, -0.2) is 21.6 Å². The predicted molar refractivity (Wildman–Crippen MR) is 79.4 cm³/mol. The minimum Gasteiger partial charge on any atom is -0.491 e. The van der Waals surface area contributed by atoms with Gasteiger partial charge in [0.1, 0.15) is 11.5 Å². The van der Waals surface area contributed by atoms with Gasteiger partial charge in [-0.05, 0) is 24.3 Å². The first kappa shape index (κ1) is 14.3. The van der Waals surface area contributed by atoms with Gasteiger partial charge in [-0.15, -0.1) is 11.6 Å². The Bertz CT molecular complexity index is 741. The van der Waals surface area contributed by atoms with E-state index < -0.39 is 10.0 Å². The smallest absolute Gasteiger partial charge is 0.297 e. The molecule has 0 fully saturated rings. The Kier molecular flexibility index (Phi) is 3.82. The predicted octanol–water partition coefficient (Wildman–Crippen LogP) is 3.00. The minimum atomic E-state index is -3.76. The normalized spacial score (nSPS) is 15.2. The van der Waals surface area contributed by atoms with Gasteiger partial charge >= 0.3 is 0 Å². The van der Waals surface area contributed by atoms with Crippen molar-refractivity contribution in [2.24, 2.45) is 0 Å². The number of furan rings is 1. The molecule has 1 aromatic heterocycles. The Morgan fingerprint density at radius 1 is 1.19 bits per heavy atom. The van der Waals surface area contributed by atoms with Crippen LogP contribution < -0.4 is 9.04 Å². The van der Waals surface area contributed by atoms with Crippen LogP contribution >= 0.6 is 11.6 Å². The van der Waals surface area contributed by atoms with Gasteiger partial charge in [0.05, 0.1) is 18.2 Å². The second kappa shape index (κ2) is 5.61. The van der Waals surface area contributed by atoms with Crippen molar-refractivity contribution >= 4 is 27.3 Å². The Morgan fingerprint density at radius 2 is 2.00 bits per heavy atom. The van der Waals surface area contributed by atoms with Gasteiger partial charge in [0, 0.05) is 13.0 Å². The summed E-state index contributed by atoms with van der Waals surface area (Å²) < 4.78 is 37.7. The second-order valence-corrected chi connectivity index (χ2v) is 6.66. The van der Waals surface area contributed by atoms with E-state index in [0.717, 1.165) is 0 Å². The summed E-state index contributed by atoms with van der Waals surface area (Å²) in [4.78, 5) is 0. The first-order chi connectivity index (χ1) is 10.1. The van der Waals surface area contributed by atoms with E-state index in [1.165, 1.54) is 10.4 Å². The molecule has 21 heavy (non-hydrogen) atoms. The Balaban J connectivity index is 2.06. The molecule has 7 heteroatoms. The molecule has 2 aromatic rings. The number of para-hydroxylation sites is 2. The van der Waals surface area contributed by atoms with Gasteiger partial charge < -0.3 is 9.15 Å². The number of sulfonamides is 1. The first-order valence-corrected chi connectivity index (χ1v) is 8.49. The third-order valence-corrected chi connectivity index (χ3v) is 5.16. The molecule has 0 saturated carbocycles. The lowest BCUT2D eigenvalue weighted by atomic mass is 10.3. The Hall–Kier alpha value is -1.66. The van der Waals surface area contributed by atoms with Gasteiger partial charge in [-0.1, -0.05) is 12.1 Å². The number of halogens is 1. The average Bonchev–Trinajstić information content (AvgIpc) is 2.87. The maximum atomic E-state index is 12.8. The lowest BCUT2D eigenvalue weighted by Gasteiger charge is -2.21. The number of hydrogen-bond acceptors (Lipinski definition) is 4. The number of anilines is 1. The molecule has 0 unspecified atom stereocenters. The van der Waals surface area contributed by atoms with Gasteiger partial charge in [0.15, 0.2) is 0 Å². The zero-order chi connectivity index (χ0) is 14.9. The van der Waals surface area contributed by atoms with Gasteiger partial charge in [-0.25, -0.2) is 0 Å². The lowest BCUT2D eigenvalue weighted by Crippen LogP contribution is -2.31. The molecular formula is C14H14ClNO4S. The monoisotopic (exact) mass is 327 g/mol. The molecule has 0 N–H and O–H groups in total. The Labute approximate surface area is 128 Å². The van der Waals surface area contributed by atoms with E-state index in [9.17, 15) is 8.42 Å². The SMILES string of the molecule is O=S(=O)(c1ccc(CCl)o1)N1CCCOc2ccccc21. The van der Waals surface area contributed by atoms with Crippen molar-refractivity contribution in [3.05, 3.63) is 42.2 Å². The first-order valence-electron chi connectivity index (χ1n) is 6.52. The highest BCUT2D eigenvalue weighted by atomic mass is 35.5. The molecular weight excluding hydrogens is 314 g/mol. The summed E-state index contributed by atoms with van der Waals surface area (Å²) in [6, 6.07) is 10.1. The van der Waals surface area contributed by atoms with Crippen LogP contribution in [0.2, 0.25) is 0 Å². The van der Waals surface area contributed by atoms with Crippen molar-refractivity contribution in [1.29, 1.82) is 0 Å². The molecule has 0 atom stereocenters. The second-order valence-electron chi connectivity index (χ2n) is 4.60. The van der Waals surface area contributed by atoms with Crippen LogP contribution in [0.1, 0.15) is 12.2 Å². The van der Waals surface area contributed by atoms with Crippen molar-refractivity contribution in [3.8, 4) is 5.75 Å². The van der Waals surface area contributed by atoms with E-state index in [4.69, 9.17) is 20.8 Å². The van der Waals surface area contributed by atoms with Crippen molar-refractivity contribution in [1.82, 2.24) is 0 Å². The Morgan fingerprint density at radius 3 is 2.76 bits per heavy atom. The molecule has 1 aromatic carbocycles. The highest BCUT2D eigenvalue weighted by molar-refractivity contribution is 7.92. The van der Waals surface area contributed by atoms with Crippen molar-refractivity contribution < 1.29 is 17.6 Å². The molecule has 2 heterocycles. The largest absolute Gasteiger partial charge is 0.491 e. The van der Waals surface area contributed by atoms with Crippen LogP contribution in [0, 0.1) is 0 Å². The van der Waals surface area contributed by atoms with Gasteiger partial charge in [-0.3, -0.25) is 4.31 Å². The van der Waals surface area contributed by atoms with Crippen LogP contribution in [0.5, 0.6) is 5.75 Å². The summed E-state index contributed by atoms with van der Waals surface area (Å²) in [6.07, 6.45) is 0.608. The van der Waals surface area contributed by atoms with Crippen LogP contribution in [0.4, 0.5) is 5.69 Å². The summed E-state index contributed by atoms with van der Waals surface area (Å²) >= 11 is 5.66. The quantitative estimate of drug-likeness (QED) is 0.813. The van der Waals surface area contributed by atoms with Crippen LogP contribution in [-0.2, 0) is 15.9 Å². The molecule has 0 amide bonds. The fraction of sp³-hybridized carbons (Fsp3) is 0.286. The summed E-state index contributed by atoms with van der Waals surface area (Å²) in [7, 11) is -3.76. The van der Waals surface area contributed by atoms with Crippen LogP contribution in [0.25, 0.3) is 0 Å². The number of rotatable bonds is 3. The third-order valence-electron chi connectivity index (χ3n) is 3.21. The molecule has 0 aliphatic carbocycles. The lowest BCUT2D eigenvalue weighted by molar-refractivity contribution is 0.322. The highest BCUT2D eigenvalue weighted by Crippen LogP contribution is 2.34. The summed E-state index contributed by atoms with van der Waals surface area (Å²) in [5.41, 5.74) is 0.527. The molecule has 1 aliphatic heterocycles. The van der Waals surface area contributed by atoms with Gasteiger partial charge in [0.2, 0.25) is 5.09 Å². The molecule has 0 bridgehead atoms. The van der Waals surface area contributed by atoms with E-state index in [1.54, 1.807) is 24.3 Å². The number of fused-ring (bicyclic) bond motifs is 1. The highest BCUT2D eigenvalue weighted by Gasteiger charge is 2.31. The number of benzene rings is 1. The molecule has 1 aliphatic rings. The van der Waals surface area contributed by atoms with E-state index in [0.29, 0.717) is 36.8 Å². The zero-order valence-electron chi connectivity index (χ0n) is 11.2. The third kappa shape index (κ3) is 2.61. The minimum absolute atomic E-state index is 0.102. The number of nitrogens with zero attached hydrogens (tertiary/aromatic N) is 1. The average molecular weight is 328 g/mol. The van der Waals surface area contributed by atoms with E-state index >= 15 is 0 Å². The zero-order valence-corrected chi connectivity index (χ0v) is 12.7. The van der Waals surface area contributed by atoms with Gasteiger partial charge in [0.25, 0.3) is 10.0 Å². The molecule has 0 radical (unpaired) electrons. The summed E-state index contributed by atoms with van der Waals surface area (Å²) in [6.45, 7) is 0.824. The molecule has 112 valence electrons. The fourth-order valence-electron chi connectivity index (χ4n) is 2.22. The van der Waals surface area contributed by atoms with Crippen LogP contribution in [0.3, 0.4) is 0 Å². The number of ether oxygens (including phenoxy) is 1.